The van der Waals surface area contributed by atoms with E-state index in [0.29, 0.717) is 11.4 Å². The fraction of sp³-hybridized carbons (Fsp3) is 0.316. The first-order chi connectivity index (χ1) is 12.2. The van der Waals surface area contributed by atoms with Crippen LogP contribution in [-0.4, -0.2) is 20.7 Å². The third-order valence-electron chi connectivity index (χ3n) is 3.95. The second kappa shape index (κ2) is 8.07. The Morgan fingerprint density at radius 3 is 2.88 bits per heavy atom. The summed E-state index contributed by atoms with van der Waals surface area (Å²) >= 11 is 1.50. The van der Waals surface area contributed by atoms with Crippen LogP contribution in [0.15, 0.2) is 42.7 Å². The van der Waals surface area contributed by atoms with Gasteiger partial charge in [-0.1, -0.05) is 31.5 Å². The molecule has 1 N–H and O–H groups in total. The topological polar surface area (TPSA) is 59.8 Å². The number of para-hydroxylation sites is 1. The minimum atomic E-state index is -0.0920. The van der Waals surface area contributed by atoms with E-state index in [1.165, 1.54) is 11.3 Å². The van der Waals surface area contributed by atoms with E-state index in [1.807, 2.05) is 48.1 Å². The van der Waals surface area contributed by atoms with Crippen LogP contribution in [-0.2, 0) is 13.0 Å². The van der Waals surface area contributed by atoms with Crippen LogP contribution in [0.4, 0.5) is 5.69 Å². The van der Waals surface area contributed by atoms with Crippen molar-refractivity contribution in [2.45, 2.75) is 39.7 Å². The number of nitrogens with one attached hydrogen (secondary N) is 1. The quantitative estimate of drug-likeness (QED) is 0.688. The maximum absolute atomic E-state index is 12.7. The van der Waals surface area contributed by atoms with Gasteiger partial charge in [-0.15, -0.1) is 11.3 Å². The fourth-order valence-electron chi connectivity index (χ4n) is 2.63. The number of anilines is 1. The molecule has 0 saturated carbocycles. The normalized spacial score (nSPS) is 10.8. The number of aryl methyl sites for hydroxylation is 2. The molecule has 3 rings (SSSR count). The minimum Gasteiger partial charge on any atom is -0.321 e. The van der Waals surface area contributed by atoms with Gasteiger partial charge in [-0.2, -0.15) is 5.10 Å². The maximum Gasteiger partial charge on any atom is 0.267 e. The van der Waals surface area contributed by atoms with Crippen LogP contribution in [0.5, 0.6) is 0 Å². The number of benzene rings is 1. The number of amides is 1. The Bertz CT molecular complexity index is 839. The summed E-state index contributed by atoms with van der Waals surface area (Å²) in [6.45, 7) is 4.67. The van der Waals surface area contributed by atoms with Crippen LogP contribution in [0, 0.1) is 6.92 Å². The average molecular weight is 354 g/mol. The van der Waals surface area contributed by atoms with Crippen molar-refractivity contribution in [1.29, 1.82) is 0 Å². The Morgan fingerprint density at radius 1 is 1.28 bits per heavy atom. The highest BCUT2D eigenvalue weighted by atomic mass is 32.1. The van der Waals surface area contributed by atoms with Crippen LogP contribution in [0.3, 0.4) is 0 Å². The maximum atomic E-state index is 12.7. The van der Waals surface area contributed by atoms with Gasteiger partial charge in [-0.3, -0.25) is 9.48 Å². The smallest absolute Gasteiger partial charge is 0.267 e. The van der Waals surface area contributed by atoms with Gasteiger partial charge in [0, 0.05) is 18.1 Å². The first kappa shape index (κ1) is 17.4. The summed E-state index contributed by atoms with van der Waals surface area (Å²) in [5.74, 6) is -0.0920. The summed E-state index contributed by atoms with van der Waals surface area (Å²) in [7, 11) is 0. The molecule has 0 bridgehead atoms. The molecule has 0 atom stereocenters. The Labute approximate surface area is 151 Å². The lowest BCUT2D eigenvalue weighted by molar-refractivity contribution is 0.102. The summed E-state index contributed by atoms with van der Waals surface area (Å²) in [5, 5.41) is 8.31. The van der Waals surface area contributed by atoms with E-state index in [0.717, 1.165) is 41.2 Å². The molecule has 6 heteroatoms. The molecule has 2 heterocycles. The molecule has 5 nitrogen and oxygen atoms in total. The van der Waals surface area contributed by atoms with E-state index < -0.39 is 0 Å². The Hall–Kier alpha value is -2.47. The number of hydrogen-bond donors (Lipinski definition) is 1. The molecule has 25 heavy (non-hydrogen) atoms. The van der Waals surface area contributed by atoms with Crippen LogP contribution >= 0.6 is 11.3 Å². The van der Waals surface area contributed by atoms with Crippen molar-refractivity contribution < 1.29 is 4.79 Å². The van der Waals surface area contributed by atoms with Crippen molar-refractivity contribution in [1.82, 2.24) is 14.8 Å². The van der Waals surface area contributed by atoms with E-state index >= 15 is 0 Å². The molecule has 0 unspecified atom stereocenters. The third-order valence-corrected chi connectivity index (χ3v) is 5.16. The van der Waals surface area contributed by atoms with Crippen molar-refractivity contribution in [3.05, 3.63) is 63.9 Å². The highest BCUT2D eigenvalue weighted by molar-refractivity contribution is 7.13. The molecule has 1 amide bonds. The van der Waals surface area contributed by atoms with Crippen molar-refractivity contribution in [3.8, 4) is 0 Å². The van der Waals surface area contributed by atoms with Gasteiger partial charge in [-0.05, 0) is 37.5 Å². The third kappa shape index (κ3) is 4.33. The van der Waals surface area contributed by atoms with Crippen LogP contribution in [0.2, 0.25) is 0 Å². The number of aromatic nitrogens is 3. The number of nitrogens with zero attached hydrogens (tertiary/aromatic N) is 3. The highest BCUT2D eigenvalue weighted by Gasteiger charge is 2.16. The molecule has 0 fully saturated rings. The molecule has 0 aliphatic rings. The highest BCUT2D eigenvalue weighted by Crippen LogP contribution is 2.23. The lowest BCUT2D eigenvalue weighted by Crippen LogP contribution is -2.14. The van der Waals surface area contributed by atoms with Gasteiger partial charge in [0.2, 0.25) is 0 Å². The molecule has 0 saturated heterocycles. The molecule has 0 spiro atoms. The van der Waals surface area contributed by atoms with E-state index in [2.05, 4.69) is 22.3 Å². The van der Waals surface area contributed by atoms with Gasteiger partial charge < -0.3 is 5.32 Å². The molecule has 0 aliphatic heterocycles. The van der Waals surface area contributed by atoms with Crippen LogP contribution in [0.1, 0.15) is 45.7 Å². The second-order valence-corrected chi connectivity index (χ2v) is 7.02. The van der Waals surface area contributed by atoms with Gasteiger partial charge >= 0.3 is 0 Å². The average Bonchev–Trinajstić information content (AvgIpc) is 3.24. The number of carbonyl (C=O) groups is 1. The lowest BCUT2D eigenvalue weighted by Gasteiger charge is -2.10. The van der Waals surface area contributed by atoms with Gasteiger partial charge in [0.25, 0.3) is 5.91 Å². The minimum absolute atomic E-state index is 0.0920. The molecule has 0 radical (unpaired) electrons. The monoisotopic (exact) mass is 354 g/mol. The van der Waals surface area contributed by atoms with Crippen molar-refractivity contribution in [2.24, 2.45) is 0 Å². The van der Waals surface area contributed by atoms with Gasteiger partial charge in [0.15, 0.2) is 0 Å². The van der Waals surface area contributed by atoms with E-state index in [9.17, 15) is 4.79 Å². The Balaban J connectivity index is 1.76. The largest absolute Gasteiger partial charge is 0.321 e. The molecule has 3 aromatic rings. The molecular weight excluding hydrogens is 332 g/mol. The molecule has 1 aromatic carbocycles. The van der Waals surface area contributed by atoms with Crippen LogP contribution < -0.4 is 5.32 Å². The second-order valence-electron chi connectivity index (χ2n) is 5.94. The van der Waals surface area contributed by atoms with Crippen molar-refractivity contribution in [3.63, 3.8) is 0 Å². The SMILES string of the molecule is CCCCc1nc(C)c(C(=O)Nc2ccccc2Cn2cccn2)s1. The summed E-state index contributed by atoms with van der Waals surface area (Å²) in [6.07, 6.45) is 6.82. The number of thiazole rings is 1. The number of rotatable bonds is 7. The van der Waals surface area contributed by atoms with Crippen molar-refractivity contribution >= 4 is 22.9 Å². The zero-order chi connectivity index (χ0) is 17.6. The fourth-order valence-corrected chi connectivity index (χ4v) is 3.63. The van der Waals surface area contributed by atoms with Gasteiger partial charge in [0.1, 0.15) is 4.88 Å². The van der Waals surface area contributed by atoms with E-state index in [-0.39, 0.29) is 5.91 Å². The van der Waals surface area contributed by atoms with E-state index in [1.54, 1.807) is 6.20 Å². The van der Waals surface area contributed by atoms with Gasteiger partial charge in [0.05, 0.1) is 17.2 Å². The predicted molar refractivity (Wildman–Crippen MR) is 101 cm³/mol. The summed E-state index contributed by atoms with van der Waals surface area (Å²) in [4.78, 5) is 17.9. The zero-order valence-electron chi connectivity index (χ0n) is 14.5. The summed E-state index contributed by atoms with van der Waals surface area (Å²) in [6, 6.07) is 9.71. The molecule has 0 aliphatic carbocycles. The summed E-state index contributed by atoms with van der Waals surface area (Å²) in [5.41, 5.74) is 2.64. The van der Waals surface area contributed by atoms with Crippen molar-refractivity contribution in [2.75, 3.05) is 5.32 Å². The first-order valence-electron chi connectivity index (χ1n) is 8.50. The van der Waals surface area contributed by atoms with E-state index in [4.69, 9.17) is 0 Å². The summed E-state index contributed by atoms with van der Waals surface area (Å²) < 4.78 is 1.84. The zero-order valence-corrected chi connectivity index (χ0v) is 15.3. The predicted octanol–water partition coefficient (Wildman–Crippen LogP) is 4.29. The number of unbranched alkanes of at least 4 members (excludes halogenated alkanes) is 1. The molecule has 130 valence electrons. The number of carbonyl (C=O) groups excluding carboxylic acids is 1. The van der Waals surface area contributed by atoms with Crippen LogP contribution in [0.25, 0.3) is 0 Å². The lowest BCUT2D eigenvalue weighted by atomic mass is 10.1. The Morgan fingerprint density at radius 2 is 2.12 bits per heavy atom. The molecule has 2 aromatic heterocycles. The molecular formula is C19H22N4OS. The number of hydrogen-bond acceptors (Lipinski definition) is 4. The first-order valence-corrected chi connectivity index (χ1v) is 9.32. The van der Waals surface area contributed by atoms with Gasteiger partial charge in [-0.25, -0.2) is 4.98 Å². The standard InChI is InChI=1S/C19H22N4OS/c1-3-4-10-17-21-14(2)18(25-17)19(24)22-16-9-6-5-8-15(16)13-23-12-7-11-20-23/h5-9,11-12H,3-4,10,13H2,1-2H3,(H,22,24). The Kier molecular flexibility index (Phi) is 5.60.